The Morgan fingerprint density at radius 3 is 2.68 bits per heavy atom. The topological polar surface area (TPSA) is 72.9 Å². The fourth-order valence-electron chi connectivity index (χ4n) is 3.22. The Morgan fingerprint density at radius 2 is 2.16 bits per heavy atom. The highest BCUT2D eigenvalue weighted by Crippen LogP contribution is 2.32. The Balaban J connectivity index is 2.03. The van der Waals surface area contributed by atoms with Gasteiger partial charge in [0, 0.05) is 19.1 Å². The highest BCUT2D eigenvalue weighted by Gasteiger charge is 2.48. The van der Waals surface area contributed by atoms with Crippen LogP contribution in [0.3, 0.4) is 0 Å². The van der Waals surface area contributed by atoms with E-state index in [9.17, 15) is 14.7 Å². The van der Waals surface area contributed by atoms with Crippen molar-refractivity contribution in [2.75, 3.05) is 26.7 Å². The number of carbonyl (C=O) groups is 2. The molecule has 0 bridgehead atoms. The second-order valence-electron chi connectivity index (χ2n) is 5.64. The van der Waals surface area contributed by atoms with Gasteiger partial charge in [-0.2, -0.15) is 0 Å². The Labute approximate surface area is 113 Å². The molecule has 0 aromatic rings. The van der Waals surface area contributed by atoms with E-state index in [1.54, 1.807) is 0 Å². The predicted molar refractivity (Wildman–Crippen MR) is 71.0 cm³/mol. The zero-order chi connectivity index (χ0) is 14.0. The number of hydrogen-bond donors (Lipinski definition) is 2. The smallest absolute Gasteiger partial charge is 0.329 e. The Kier molecular flexibility index (Phi) is 3.99. The molecule has 0 spiro atoms. The molecule has 0 aromatic carbocycles. The average molecular weight is 269 g/mol. The van der Waals surface area contributed by atoms with Crippen LogP contribution in [0, 0.1) is 0 Å². The van der Waals surface area contributed by atoms with Crippen molar-refractivity contribution in [2.24, 2.45) is 0 Å². The van der Waals surface area contributed by atoms with Crippen LogP contribution < -0.4 is 5.32 Å². The first-order chi connectivity index (χ1) is 8.99. The number of amides is 2. The third-order valence-electron chi connectivity index (χ3n) is 4.44. The van der Waals surface area contributed by atoms with Crippen LogP contribution in [0.5, 0.6) is 0 Å². The largest absolute Gasteiger partial charge is 0.479 e. The molecule has 0 radical (unpaired) electrons. The first kappa shape index (κ1) is 14.1. The maximum absolute atomic E-state index is 12.3. The summed E-state index contributed by atoms with van der Waals surface area (Å²) >= 11 is 0. The molecule has 0 aromatic heterocycles. The molecule has 2 aliphatic rings. The van der Waals surface area contributed by atoms with Gasteiger partial charge in [0.25, 0.3) is 0 Å². The monoisotopic (exact) mass is 269 g/mol. The van der Waals surface area contributed by atoms with E-state index in [-0.39, 0.29) is 12.1 Å². The molecule has 0 saturated carbocycles. The maximum atomic E-state index is 12.3. The number of rotatable bonds is 3. The van der Waals surface area contributed by atoms with Gasteiger partial charge in [0.15, 0.2) is 0 Å². The quantitative estimate of drug-likeness (QED) is 0.792. The number of nitrogens with zero attached hydrogens (tertiary/aromatic N) is 2. The third kappa shape index (κ3) is 2.54. The van der Waals surface area contributed by atoms with Crippen LogP contribution in [0.25, 0.3) is 0 Å². The molecule has 2 aliphatic heterocycles. The van der Waals surface area contributed by atoms with Crippen LogP contribution in [0.15, 0.2) is 0 Å². The van der Waals surface area contributed by atoms with E-state index in [0.29, 0.717) is 19.4 Å². The number of aliphatic carboxylic acids is 1. The summed E-state index contributed by atoms with van der Waals surface area (Å²) in [6.45, 7) is 4.19. The Hall–Kier alpha value is -1.30. The molecule has 2 saturated heterocycles. The molecular weight excluding hydrogens is 246 g/mol. The van der Waals surface area contributed by atoms with E-state index >= 15 is 0 Å². The van der Waals surface area contributed by atoms with Gasteiger partial charge >= 0.3 is 12.0 Å². The van der Waals surface area contributed by atoms with Crippen LogP contribution >= 0.6 is 0 Å². The molecule has 2 atom stereocenters. The van der Waals surface area contributed by atoms with Crippen molar-refractivity contribution in [2.45, 2.75) is 44.2 Å². The molecule has 2 N–H and O–H groups in total. The number of carboxylic acid groups (broad SMARTS) is 1. The van der Waals surface area contributed by atoms with Crippen LogP contribution in [-0.4, -0.2) is 65.2 Å². The number of likely N-dealkylation sites (tertiary alicyclic amines) is 2. The van der Waals surface area contributed by atoms with Crippen molar-refractivity contribution in [3.05, 3.63) is 0 Å². The summed E-state index contributed by atoms with van der Waals surface area (Å²) in [6.07, 6.45) is 2.71. The zero-order valence-electron chi connectivity index (χ0n) is 11.7. The average Bonchev–Trinajstić information content (AvgIpc) is 2.95. The van der Waals surface area contributed by atoms with Gasteiger partial charge in [-0.1, -0.05) is 6.92 Å². The van der Waals surface area contributed by atoms with Gasteiger partial charge < -0.3 is 20.2 Å². The second kappa shape index (κ2) is 5.36. The molecule has 0 aliphatic carbocycles. The van der Waals surface area contributed by atoms with Crippen LogP contribution in [-0.2, 0) is 4.79 Å². The summed E-state index contributed by atoms with van der Waals surface area (Å²) in [6, 6.07) is -0.0801. The summed E-state index contributed by atoms with van der Waals surface area (Å²) in [5.74, 6) is -0.883. The van der Waals surface area contributed by atoms with Crippen molar-refractivity contribution in [3.8, 4) is 0 Å². The number of carbonyl (C=O) groups excluding carboxylic acids is 1. The molecule has 2 amide bonds. The van der Waals surface area contributed by atoms with E-state index in [1.807, 2.05) is 14.0 Å². The van der Waals surface area contributed by atoms with Gasteiger partial charge in [-0.25, -0.2) is 9.59 Å². The standard InChI is InChI=1S/C13H23N3O3/c1-3-13(11(17)18)6-4-7-16(13)12(19)14-10-5-8-15(2)9-10/h10H,3-9H2,1-2H3,(H,14,19)(H,17,18). The summed E-state index contributed by atoms with van der Waals surface area (Å²) in [7, 11) is 2.02. The van der Waals surface area contributed by atoms with Gasteiger partial charge in [-0.3, -0.25) is 0 Å². The molecule has 6 heteroatoms. The van der Waals surface area contributed by atoms with Crippen molar-refractivity contribution in [1.82, 2.24) is 15.1 Å². The molecular formula is C13H23N3O3. The van der Waals surface area contributed by atoms with Gasteiger partial charge in [-0.15, -0.1) is 0 Å². The van der Waals surface area contributed by atoms with E-state index in [1.165, 1.54) is 4.90 Å². The number of likely N-dealkylation sites (N-methyl/N-ethyl adjacent to an activating group) is 1. The van der Waals surface area contributed by atoms with Crippen molar-refractivity contribution >= 4 is 12.0 Å². The molecule has 6 nitrogen and oxygen atoms in total. The van der Waals surface area contributed by atoms with Gasteiger partial charge in [0.2, 0.25) is 0 Å². The number of carboxylic acids is 1. The second-order valence-corrected chi connectivity index (χ2v) is 5.64. The summed E-state index contributed by atoms with van der Waals surface area (Å²) in [5.41, 5.74) is -1.01. The summed E-state index contributed by atoms with van der Waals surface area (Å²) in [4.78, 5) is 27.5. The zero-order valence-corrected chi connectivity index (χ0v) is 11.7. The molecule has 2 rings (SSSR count). The molecule has 2 unspecified atom stereocenters. The lowest BCUT2D eigenvalue weighted by Crippen LogP contribution is -2.57. The number of nitrogens with one attached hydrogen (secondary N) is 1. The highest BCUT2D eigenvalue weighted by molar-refractivity contribution is 5.87. The number of hydrogen-bond acceptors (Lipinski definition) is 3. The molecule has 108 valence electrons. The Bertz CT molecular complexity index is 374. The fraction of sp³-hybridized carbons (Fsp3) is 0.846. The van der Waals surface area contributed by atoms with Crippen LogP contribution in [0.4, 0.5) is 4.79 Å². The van der Waals surface area contributed by atoms with Crippen LogP contribution in [0.2, 0.25) is 0 Å². The van der Waals surface area contributed by atoms with Crippen molar-refractivity contribution in [1.29, 1.82) is 0 Å². The van der Waals surface area contributed by atoms with Crippen molar-refractivity contribution < 1.29 is 14.7 Å². The van der Waals surface area contributed by atoms with Gasteiger partial charge in [0.05, 0.1) is 0 Å². The minimum absolute atomic E-state index is 0.140. The van der Waals surface area contributed by atoms with Gasteiger partial charge in [0.1, 0.15) is 5.54 Å². The van der Waals surface area contributed by atoms with Crippen LogP contribution in [0.1, 0.15) is 32.6 Å². The lowest BCUT2D eigenvalue weighted by molar-refractivity contribution is -0.148. The SMILES string of the molecule is CCC1(C(=O)O)CCCN1C(=O)NC1CCN(C)C1. The Morgan fingerprint density at radius 1 is 1.42 bits per heavy atom. The predicted octanol–water partition coefficient (Wildman–Crippen LogP) is 0.729. The molecule has 19 heavy (non-hydrogen) atoms. The minimum Gasteiger partial charge on any atom is -0.479 e. The lowest BCUT2D eigenvalue weighted by atomic mass is 9.93. The van der Waals surface area contributed by atoms with Crippen molar-refractivity contribution in [3.63, 3.8) is 0 Å². The minimum atomic E-state index is -1.01. The normalized spacial score (nSPS) is 31.7. The highest BCUT2D eigenvalue weighted by atomic mass is 16.4. The van der Waals surface area contributed by atoms with E-state index in [4.69, 9.17) is 0 Å². The first-order valence-electron chi connectivity index (χ1n) is 6.99. The maximum Gasteiger partial charge on any atom is 0.329 e. The third-order valence-corrected chi connectivity index (χ3v) is 4.44. The molecule has 2 fully saturated rings. The fourth-order valence-corrected chi connectivity index (χ4v) is 3.22. The lowest BCUT2D eigenvalue weighted by Gasteiger charge is -2.34. The summed E-state index contributed by atoms with van der Waals surface area (Å²) < 4.78 is 0. The van der Waals surface area contributed by atoms with E-state index < -0.39 is 11.5 Å². The summed E-state index contributed by atoms with van der Waals surface area (Å²) in [5, 5.41) is 12.4. The van der Waals surface area contributed by atoms with Gasteiger partial charge in [-0.05, 0) is 39.3 Å². The van der Waals surface area contributed by atoms with E-state index in [0.717, 1.165) is 25.9 Å². The molecule has 2 heterocycles. The van der Waals surface area contributed by atoms with E-state index in [2.05, 4.69) is 10.2 Å². The number of urea groups is 1. The first-order valence-corrected chi connectivity index (χ1v) is 6.99.